The maximum absolute atomic E-state index is 12.5. The molecule has 2 aromatic rings. The Balaban J connectivity index is 1.75. The van der Waals surface area contributed by atoms with E-state index in [1.165, 1.54) is 0 Å². The largest absolute Gasteiger partial charge is 0.486 e. The molecule has 26 heavy (non-hydrogen) atoms. The highest BCUT2D eigenvalue weighted by Crippen LogP contribution is 2.31. The molecular formula is C19H19ClN2O4. The third kappa shape index (κ3) is 4.26. The minimum atomic E-state index is -0.332. The van der Waals surface area contributed by atoms with Gasteiger partial charge in [-0.05, 0) is 42.8 Å². The molecule has 136 valence electrons. The Morgan fingerprint density at radius 1 is 1.04 bits per heavy atom. The van der Waals surface area contributed by atoms with Gasteiger partial charge in [0.1, 0.15) is 13.2 Å². The van der Waals surface area contributed by atoms with Crippen LogP contribution in [0.3, 0.4) is 0 Å². The number of hydrogen-bond acceptors (Lipinski definition) is 4. The number of benzene rings is 2. The molecule has 0 saturated carbocycles. The second-order valence-corrected chi connectivity index (χ2v) is 6.21. The Labute approximate surface area is 156 Å². The van der Waals surface area contributed by atoms with Crippen LogP contribution < -0.4 is 20.1 Å². The lowest BCUT2D eigenvalue weighted by molar-refractivity contribution is -0.116. The number of hydrogen-bond donors (Lipinski definition) is 2. The molecule has 0 aromatic heterocycles. The molecule has 1 heterocycles. The van der Waals surface area contributed by atoms with E-state index in [1.54, 1.807) is 36.4 Å². The van der Waals surface area contributed by atoms with Crippen LogP contribution in [-0.4, -0.2) is 25.0 Å². The van der Waals surface area contributed by atoms with Crippen molar-refractivity contribution in [2.75, 3.05) is 23.8 Å². The van der Waals surface area contributed by atoms with Crippen LogP contribution in [0.2, 0.25) is 5.02 Å². The van der Waals surface area contributed by atoms with E-state index in [1.807, 2.05) is 6.92 Å². The van der Waals surface area contributed by atoms with Gasteiger partial charge in [-0.1, -0.05) is 18.5 Å². The Kier molecular flexibility index (Phi) is 5.63. The number of rotatable bonds is 5. The van der Waals surface area contributed by atoms with Gasteiger partial charge in [-0.3, -0.25) is 9.59 Å². The Morgan fingerprint density at radius 2 is 1.81 bits per heavy atom. The standard InChI is InChI=1S/C19H19ClN2O4/c1-2-3-18(23)21-13-5-6-14(20)15(11-13)22-19(24)12-4-7-16-17(10-12)26-9-8-25-16/h4-7,10-11H,2-3,8-9H2,1H3,(H,21,23)(H,22,24). The fourth-order valence-corrected chi connectivity index (χ4v) is 2.69. The monoisotopic (exact) mass is 374 g/mol. The predicted molar refractivity (Wildman–Crippen MR) is 100 cm³/mol. The van der Waals surface area contributed by atoms with Crippen molar-refractivity contribution >= 4 is 34.8 Å². The van der Waals surface area contributed by atoms with Gasteiger partial charge in [0, 0.05) is 17.7 Å². The van der Waals surface area contributed by atoms with Gasteiger partial charge in [-0.2, -0.15) is 0 Å². The second kappa shape index (κ2) is 8.10. The highest BCUT2D eigenvalue weighted by molar-refractivity contribution is 6.34. The van der Waals surface area contributed by atoms with Crippen molar-refractivity contribution in [3.05, 3.63) is 47.0 Å². The lowest BCUT2D eigenvalue weighted by Crippen LogP contribution is -2.17. The van der Waals surface area contributed by atoms with E-state index in [0.29, 0.717) is 53.1 Å². The predicted octanol–water partition coefficient (Wildman–Crippen LogP) is 4.10. The Morgan fingerprint density at radius 3 is 2.58 bits per heavy atom. The van der Waals surface area contributed by atoms with Gasteiger partial charge in [-0.15, -0.1) is 0 Å². The van der Waals surface area contributed by atoms with Crippen molar-refractivity contribution in [2.24, 2.45) is 0 Å². The molecule has 2 aromatic carbocycles. The zero-order valence-electron chi connectivity index (χ0n) is 14.3. The molecule has 0 aliphatic carbocycles. The van der Waals surface area contributed by atoms with Crippen LogP contribution in [-0.2, 0) is 4.79 Å². The smallest absolute Gasteiger partial charge is 0.255 e. The molecule has 6 nitrogen and oxygen atoms in total. The Bertz CT molecular complexity index is 838. The molecule has 1 aliphatic rings. The summed E-state index contributed by atoms with van der Waals surface area (Å²) < 4.78 is 10.9. The van der Waals surface area contributed by atoms with E-state index in [0.717, 1.165) is 6.42 Å². The van der Waals surface area contributed by atoms with Gasteiger partial charge in [0.2, 0.25) is 5.91 Å². The van der Waals surface area contributed by atoms with Crippen molar-refractivity contribution in [2.45, 2.75) is 19.8 Å². The van der Waals surface area contributed by atoms with Crippen molar-refractivity contribution in [1.29, 1.82) is 0 Å². The van der Waals surface area contributed by atoms with Crippen LogP contribution in [0.4, 0.5) is 11.4 Å². The fourth-order valence-electron chi connectivity index (χ4n) is 2.53. The number of carbonyl (C=O) groups is 2. The van der Waals surface area contributed by atoms with Gasteiger partial charge < -0.3 is 20.1 Å². The molecule has 0 atom stereocenters. The van der Waals surface area contributed by atoms with Gasteiger partial charge in [0.05, 0.1) is 10.7 Å². The van der Waals surface area contributed by atoms with E-state index in [4.69, 9.17) is 21.1 Å². The summed E-state index contributed by atoms with van der Waals surface area (Å²) in [7, 11) is 0. The van der Waals surface area contributed by atoms with Gasteiger partial charge in [0.25, 0.3) is 5.91 Å². The molecule has 7 heteroatoms. The number of carbonyl (C=O) groups excluding carboxylic acids is 2. The van der Waals surface area contributed by atoms with E-state index in [2.05, 4.69) is 10.6 Å². The van der Waals surface area contributed by atoms with Crippen LogP contribution in [0.15, 0.2) is 36.4 Å². The summed E-state index contributed by atoms with van der Waals surface area (Å²) in [5, 5.41) is 5.92. The lowest BCUT2D eigenvalue weighted by atomic mass is 10.1. The normalized spacial score (nSPS) is 12.4. The topological polar surface area (TPSA) is 76.7 Å². The van der Waals surface area contributed by atoms with Crippen molar-refractivity contribution < 1.29 is 19.1 Å². The summed E-state index contributed by atoms with van der Waals surface area (Å²) in [6.07, 6.45) is 1.19. The maximum atomic E-state index is 12.5. The van der Waals surface area contributed by atoms with Gasteiger partial charge in [0.15, 0.2) is 11.5 Å². The molecular weight excluding hydrogens is 356 g/mol. The van der Waals surface area contributed by atoms with Crippen LogP contribution in [0.25, 0.3) is 0 Å². The van der Waals surface area contributed by atoms with Crippen molar-refractivity contribution in [3.8, 4) is 11.5 Å². The maximum Gasteiger partial charge on any atom is 0.255 e. The summed E-state index contributed by atoms with van der Waals surface area (Å²) in [6, 6.07) is 9.94. The van der Waals surface area contributed by atoms with Crippen LogP contribution in [0.5, 0.6) is 11.5 Å². The molecule has 2 N–H and O–H groups in total. The number of amides is 2. The van der Waals surface area contributed by atoms with Crippen LogP contribution in [0, 0.1) is 0 Å². The summed E-state index contributed by atoms with van der Waals surface area (Å²) in [4.78, 5) is 24.3. The van der Waals surface area contributed by atoms with Gasteiger partial charge in [-0.25, -0.2) is 0 Å². The molecule has 0 unspecified atom stereocenters. The summed E-state index contributed by atoms with van der Waals surface area (Å²) in [5.41, 5.74) is 1.41. The Hall–Kier alpha value is -2.73. The molecule has 0 radical (unpaired) electrons. The van der Waals surface area contributed by atoms with E-state index in [-0.39, 0.29) is 11.8 Å². The number of fused-ring (bicyclic) bond motifs is 1. The number of nitrogens with one attached hydrogen (secondary N) is 2. The quantitative estimate of drug-likeness (QED) is 0.826. The second-order valence-electron chi connectivity index (χ2n) is 5.81. The summed E-state index contributed by atoms with van der Waals surface area (Å²) in [6.45, 7) is 2.87. The molecule has 2 amide bonds. The van der Waals surface area contributed by atoms with E-state index < -0.39 is 0 Å². The molecule has 0 spiro atoms. The van der Waals surface area contributed by atoms with Gasteiger partial charge >= 0.3 is 0 Å². The first-order valence-electron chi connectivity index (χ1n) is 8.37. The average Bonchev–Trinajstić information content (AvgIpc) is 2.64. The zero-order valence-corrected chi connectivity index (χ0v) is 15.1. The average molecular weight is 375 g/mol. The number of ether oxygens (including phenoxy) is 2. The molecule has 0 saturated heterocycles. The summed E-state index contributed by atoms with van der Waals surface area (Å²) in [5.74, 6) is 0.738. The lowest BCUT2D eigenvalue weighted by Gasteiger charge is -2.18. The first-order chi connectivity index (χ1) is 12.6. The summed E-state index contributed by atoms with van der Waals surface area (Å²) >= 11 is 6.17. The van der Waals surface area contributed by atoms with Crippen molar-refractivity contribution in [3.63, 3.8) is 0 Å². The molecule has 0 bridgehead atoms. The SMILES string of the molecule is CCCC(=O)Nc1ccc(Cl)c(NC(=O)c2ccc3c(c2)OCCO3)c1. The fraction of sp³-hybridized carbons (Fsp3) is 0.263. The molecule has 1 aliphatic heterocycles. The van der Waals surface area contributed by atoms with E-state index >= 15 is 0 Å². The van der Waals surface area contributed by atoms with Crippen molar-refractivity contribution in [1.82, 2.24) is 0 Å². The third-order valence-electron chi connectivity index (χ3n) is 3.78. The minimum absolute atomic E-state index is 0.0843. The third-order valence-corrected chi connectivity index (χ3v) is 4.11. The minimum Gasteiger partial charge on any atom is -0.486 e. The van der Waals surface area contributed by atoms with Crippen LogP contribution in [0.1, 0.15) is 30.1 Å². The molecule has 0 fully saturated rings. The molecule has 3 rings (SSSR count). The van der Waals surface area contributed by atoms with Crippen LogP contribution >= 0.6 is 11.6 Å². The zero-order chi connectivity index (χ0) is 18.5. The first kappa shape index (κ1) is 18.1. The number of halogens is 1. The highest BCUT2D eigenvalue weighted by atomic mass is 35.5. The highest BCUT2D eigenvalue weighted by Gasteiger charge is 2.16. The van der Waals surface area contributed by atoms with E-state index in [9.17, 15) is 9.59 Å². The first-order valence-corrected chi connectivity index (χ1v) is 8.75. The number of anilines is 2.